The molecule has 20 heavy (non-hydrogen) atoms. The Morgan fingerprint density at radius 3 is 2.60 bits per heavy atom. The van der Waals surface area contributed by atoms with E-state index in [1.807, 2.05) is 10.7 Å². The molecule has 0 aromatic carbocycles. The Morgan fingerprint density at radius 1 is 1.15 bits per heavy atom. The maximum atomic E-state index is 4.57. The highest BCUT2D eigenvalue weighted by Gasteiger charge is 2.13. The van der Waals surface area contributed by atoms with Crippen molar-refractivity contribution in [3.63, 3.8) is 0 Å². The van der Waals surface area contributed by atoms with E-state index in [9.17, 15) is 0 Å². The SMILES string of the molecule is CCCNCCCc1c(C)nn(-c2ncccn2)c1C. The van der Waals surface area contributed by atoms with Crippen LogP contribution in [-0.2, 0) is 6.42 Å². The molecule has 0 aliphatic rings. The van der Waals surface area contributed by atoms with Gasteiger partial charge in [-0.25, -0.2) is 14.6 Å². The summed E-state index contributed by atoms with van der Waals surface area (Å²) in [5.74, 6) is 0.642. The number of nitrogens with zero attached hydrogens (tertiary/aromatic N) is 4. The molecule has 108 valence electrons. The Hall–Kier alpha value is -1.75. The average molecular weight is 273 g/mol. The quantitative estimate of drug-likeness (QED) is 0.786. The number of hydrogen-bond donors (Lipinski definition) is 1. The lowest BCUT2D eigenvalue weighted by atomic mass is 10.1. The first-order valence-corrected chi connectivity index (χ1v) is 7.27. The molecule has 0 unspecified atom stereocenters. The van der Waals surface area contributed by atoms with Crippen LogP contribution < -0.4 is 5.32 Å². The molecule has 2 heterocycles. The van der Waals surface area contributed by atoms with E-state index in [1.165, 1.54) is 12.0 Å². The molecule has 0 saturated heterocycles. The van der Waals surface area contributed by atoms with Gasteiger partial charge in [0.15, 0.2) is 0 Å². The Kier molecular flexibility index (Phi) is 5.24. The minimum atomic E-state index is 0.642. The van der Waals surface area contributed by atoms with E-state index < -0.39 is 0 Å². The predicted octanol–water partition coefficient (Wildman–Crippen LogP) is 2.21. The highest BCUT2D eigenvalue weighted by atomic mass is 15.4. The zero-order valence-electron chi connectivity index (χ0n) is 12.6. The van der Waals surface area contributed by atoms with Crippen molar-refractivity contribution in [1.29, 1.82) is 0 Å². The normalized spacial score (nSPS) is 10.9. The van der Waals surface area contributed by atoms with E-state index in [-0.39, 0.29) is 0 Å². The summed E-state index contributed by atoms with van der Waals surface area (Å²) in [7, 11) is 0. The highest BCUT2D eigenvalue weighted by molar-refractivity contribution is 5.29. The summed E-state index contributed by atoms with van der Waals surface area (Å²) in [5, 5.41) is 8.00. The standard InChI is InChI=1S/C15H23N5/c1-4-8-16-9-5-7-14-12(2)19-20(13(14)3)15-17-10-6-11-18-15/h6,10-11,16H,4-5,7-9H2,1-3H3. The van der Waals surface area contributed by atoms with Gasteiger partial charge < -0.3 is 5.32 Å². The molecule has 5 nitrogen and oxygen atoms in total. The van der Waals surface area contributed by atoms with Crippen LogP contribution >= 0.6 is 0 Å². The maximum Gasteiger partial charge on any atom is 0.250 e. The molecule has 0 fully saturated rings. The van der Waals surface area contributed by atoms with Crippen molar-refractivity contribution in [2.24, 2.45) is 0 Å². The third kappa shape index (κ3) is 3.42. The van der Waals surface area contributed by atoms with Crippen LogP contribution in [0, 0.1) is 13.8 Å². The smallest absolute Gasteiger partial charge is 0.250 e. The summed E-state index contributed by atoms with van der Waals surface area (Å²) >= 11 is 0. The molecule has 0 atom stereocenters. The van der Waals surface area contributed by atoms with Gasteiger partial charge in [-0.3, -0.25) is 0 Å². The summed E-state index contributed by atoms with van der Waals surface area (Å²) in [6.07, 6.45) is 6.84. The lowest BCUT2D eigenvalue weighted by Gasteiger charge is -2.05. The van der Waals surface area contributed by atoms with Gasteiger partial charge in [0.25, 0.3) is 5.95 Å². The van der Waals surface area contributed by atoms with Gasteiger partial charge in [-0.15, -0.1) is 0 Å². The third-order valence-corrected chi connectivity index (χ3v) is 3.39. The summed E-state index contributed by atoms with van der Waals surface area (Å²) in [6.45, 7) is 8.48. The van der Waals surface area contributed by atoms with Crippen molar-refractivity contribution in [3.8, 4) is 5.95 Å². The molecule has 0 aliphatic carbocycles. The first-order valence-electron chi connectivity index (χ1n) is 7.27. The summed E-state index contributed by atoms with van der Waals surface area (Å²) in [5.41, 5.74) is 3.53. The Morgan fingerprint density at radius 2 is 1.90 bits per heavy atom. The van der Waals surface area contributed by atoms with E-state index in [4.69, 9.17) is 0 Å². The Labute approximate surface area is 120 Å². The molecule has 1 N–H and O–H groups in total. The Bertz CT molecular complexity index is 533. The lowest BCUT2D eigenvalue weighted by molar-refractivity contribution is 0.638. The highest BCUT2D eigenvalue weighted by Crippen LogP contribution is 2.17. The van der Waals surface area contributed by atoms with Crippen LogP contribution in [-0.4, -0.2) is 32.8 Å². The fraction of sp³-hybridized carbons (Fsp3) is 0.533. The molecule has 0 radical (unpaired) electrons. The van der Waals surface area contributed by atoms with E-state index in [0.29, 0.717) is 5.95 Å². The molecular formula is C15H23N5. The molecule has 2 aromatic heterocycles. The van der Waals surface area contributed by atoms with Gasteiger partial charge >= 0.3 is 0 Å². The maximum absolute atomic E-state index is 4.57. The van der Waals surface area contributed by atoms with Gasteiger partial charge in [0.2, 0.25) is 0 Å². The van der Waals surface area contributed by atoms with Crippen molar-refractivity contribution >= 4 is 0 Å². The number of aromatic nitrogens is 4. The second-order valence-electron chi connectivity index (χ2n) is 4.96. The van der Waals surface area contributed by atoms with E-state index in [2.05, 4.69) is 41.2 Å². The van der Waals surface area contributed by atoms with E-state index >= 15 is 0 Å². The number of rotatable bonds is 7. The first-order chi connectivity index (χ1) is 9.74. The van der Waals surface area contributed by atoms with Gasteiger partial charge in [0, 0.05) is 18.1 Å². The summed E-state index contributed by atoms with van der Waals surface area (Å²) in [4.78, 5) is 8.52. The lowest BCUT2D eigenvalue weighted by Crippen LogP contribution is -2.16. The molecule has 0 amide bonds. The van der Waals surface area contributed by atoms with Crippen LogP contribution in [0.2, 0.25) is 0 Å². The zero-order chi connectivity index (χ0) is 14.4. The summed E-state index contributed by atoms with van der Waals surface area (Å²) in [6, 6.07) is 1.81. The minimum Gasteiger partial charge on any atom is -0.317 e. The molecule has 0 spiro atoms. The van der Waals surface area contributed by atoms with Crippen LogP contribution in [0.15, 0.2) is 18.5 Å². The average Bonchev–Trinajstić information content (AvgIpc) is 2.75. The van der Waals surface area contributed by atoms with Gasteiger partial charge in [-0.05, 0) is 57.8 Å². The topological polar surface area (TPSA) is 55.6 Å². The fourth-order valence-electron chi connectivity index (χ4n) is 2.32. The second kappa shape index (κ2) is 7.14. The molecule has 0 aliphatic heterocycles. The van der Waals surface area contributed by atoms with E-state index in [0.717, 1.165) is 37.3 Å². The second-order valence-corrected chi connectivity index (χ2v) is 4.96. The van der Waals surface area contributed by atoms with Crippen LogP contribution in [0.1, 0.15) is 36.7 Å². The number of aryl methyl sites for hydroxylation is 1. The molecule has 2 rings (SSSR count). The van der Waals surface area contributed by atoms with Gasteiger partial charge in [-0.2, -0.15) is 5.10 Å². The summed E-state index contributed by atoms with van der Waals surface area (Å²) < 4.78 is 1.84. The molecule has 5 heteroatoms. The molecular weight excluding hydrogens is 250 g/mol. The minimum absolute atomic E-state index is 0.642. The van der Waals surface area contributed by atoms with Crippen molar-refractivity contribution in [3.05, 3.63) is 35.4 Å². The van der Waals surface area contributed by atoms with E-state index in [1.54, 1.807) is 12.4 Å². The van der Waals surface area contributed by atoms with Crippen LogP contribution in [0.4, 0.5) is 0 Å². The van der Waals surface area contributed by atoms with Crippen LogP contribution in [0.5, 0.6) is 0 Å². The van der Waals surface area contributed by atoms with Gasteiger partial charge in [0.1, 0.15) is 0 Å². The van der Waals surface area contributed by atoms with Crippen molar-refractivity contribution in [1.82, 2.24) is 25.1 Å². The molecule has 0 bridgehead atoms. The number of hydrogen-bond acceptors (Lipinski definition) is 4. The van der Waals surface area contributed by atoms with Crippen molar-refractivity contribution < 1.29 is 0 Å². The third-order valence-electron chi connectivity index (χ3n) is 3.39. The number of nitrogens with one attached hydrogen (secondary N) is 1. The monoisotopic (exact) mass is 273 g/mol. The molecule has 0 saturated carbocycles. The van der Waals surface area contributed by atoms with Crippen LogP contribution in [0.3, 0.4) is 0 Å². The first kappa shape index (κ1) is 14.7. The predicted molar refractivity (Wildman–Crippen MR) is 80.1 cm³/mol. The van der Waals surface area contributed by atoms with Crippen LogP contribution in [0.25, 0.3) is 5.95 Å². The van der Waals surface area contributed by atoms with Gasteiger partial charge in [0.05, 0.1) is 5.69 Å². The zero-order valence-corrected chi connectivity index (χ0v) is 12.6. The largest absolute Gasteiger partial charge is 0.317 e. The van der Waals surface area contributed by atoms with Crippen molar-refractivity contribution in [2.45, 2.75) is 40.0 Å². The Balaban J connectivity index is 2.06. The van der Waals surface area contributed by atoms with Gasteiger partial charge in [-0.1, -0.05) is 6.92 Å². The fourth-order valence-corrected chi connectivity index (χ4v) is 2.32. The molecule has 2 aromatic rings. The van der Waals surface area contributed by atoms with Crippen molar-refractivity contribution in [2.75, 3.05) is 13.1 Å².